The Bertz CT molecular complexity index is 2240. The summed E-state index contributed by atoms with van der Waals surface area (Å²) in [5, 5.41) is 2.03. The molecule has 48 heavy (non-hydrogen) atoms. The molecule has 4 nitrogen and oxygen atoms in total. The Morgan fingerprint density at radius 2 is 1.19 bits per heavy atom. The second-order valence-electron chi connectivity index (χ2n) is 12.0. The normalized spacial score (nSPS) is 13.8. The van der Waals surface area contributed by atoms with Crippen molar-refractivity contribution in [3.63, 3.8) is 0 Å². The standard InChI is InChI=1S/C43H30N3O.Ir/c1-42(31-16-5-3-6-17-31,39-23-11-13-25-44-39)33-20-15-27-46(30-33)37-29-34(28-36-35-21-9-10-22-38(35)47-41(36)37)43(2,32-18-7-4-8-19-32)40-24-12-14-26-45-40;/h3-16,18,20-28H,1-2H3;/q-3;. The number of benzene rings is 4. The van der Waals surface area contributed by atoms with Crippen molar-refractivity contribution in [3.05, 3.63) is 204 Å². The molecule has 0 aliphatic rings. The molecule has 8 rings (SSSR count). The molecule has 0 bridgehead atoms. The number of aromatic nitrogens is 3. The Labute approximate surface area is 294 Å². The molecule has 0 saturated carbocycles. The van der Waals surface area contributed by atoms with E-state index in [9.17, 15) is 0 Å². The second kappa shape index (κ2) is 12.8. The smallest absolute Gasteiger partial charge is 0.155 e. The van der Waals surface area contributed by atoms with Crippen LogP contribution >= 0.6 is 0 Å². The van der Waals surface area contributed by atoms with Crippen LogP contribution in [0.2, 0.25) is 0 Å². The summed E-state index contributed by atoms with van der Waals surface area (Å²) in [4.78, 5) is 9.67. The van der Waals surface area contributed by atoms with E-state index in [1.54, 1.807) is 0 Å². The average molecular weight is 797 g/mol. The molecule has 0 amide bonds. The van der Waals surface area contributed by atoms with Crippen molar-refractivity contribution in [1.29, 1.82) is 0 Å². The third-order valence-corrected chi connectivity index (χ3v) is 9.30. The third kappa shape index (κ3) is 5.16. The molecule has 2 atom stereocenters. The fourth-order valence-corrected chi connectivity index (χ4v) is 6.59. The molecule has 0 spiro atoms. The Kier molecular flexibility index (Phi) is 8.34. The summed E-state index contributed by atoms with van der Waals surface area (Å²) in [7, 11) is 0. The maximum atomic E-state index is 6.60. The minimum absolute atomic E-state index is 0. The van der Waals surface area contributed by atoms with Gasteiger partial charge >= 0.3 is 0 Å². The van der Waals surface area contributed by atoms with Crippen LogP contribution in [0, 0.1) is 24.4 Å². The summed E-state index contributed by atoms with van der Waals surface area (Å²) < 4.78 is 8.60. The summed E-state index contributed by atoms with van der Waals surface area (Å²) in [5.41, 5.74) is 6.71. The Morgan fingerprint density at radius 3 is 1.79 bits per heavy atom. The van der Waals surface area contributed by atoms with Crippen LogP contribution in [-0.4, -0.2) is 9.97 Å². The molecule has 1 radical (unpaired) electrons. The molecule has 4 aromatic heterocycles. The van der Waals surface area contributed by atoms with Gasteiger partial charge in [0.1, 0.15) is 5.58 Å². The van der Waals surface area contributed by atoms with Crippen LogP contribution in [0.1, 0.15) is 47.5 Å². The fraction of sp³-hybridized carbons (Fsp3) is 0.0930. The van der Waals surface area contributed by atoms with Crippen molar-refractivity contribution >= 4 is 21.9 Å². The molecule has 2 unspecified atom stereocenters. The van der Waals surface area contributed by atoms with Gasteiger partial charge in [0, 0.05) is 48.7 Å². The van der Waals surface area contributed by atoms with Gasteiger partial charge in [-0.3, -0.25) is 9.97 Å². The van der Waals surface area contributed by atoms with Gasteiger partial charge in [-0.25, -0.2) is 0 Å². The third-order valence-electron chi connectivity index (χ3n) is 9.30. The van der Waals surface area contributed by atoms with Crippen LogP contribution in [0.3, 0.4) is 0 Å². The number of hydrogen-bond donors (Lipinski definition) is 0. The largest absolute Gasteiger partial charge is 0.519 e. The van der Waals surface area contributed by atoms with Crippen LogP contribution in [0.25, 0.3) is 27.6 Å². The number of para-hydroxylation sites is 1. The SMILES string of the molecule is CC(c1[c-]cccc1)(c1[c-][n+](-c2[c-]c(C(C)(c3[c-]cccc3)c3ccccn3)cc3c2oc2ccccc23)ccc1)c1ccccn1.[Ir]. The van der Waals surface area contributed by atoms with Crippen LogP contribution in [0.4, 0.5) is 0 Å². The van der Waals surface area contributed by atoms with Gasteiger partial charge in [0.25, 0.3) is 0 Å². The van der Waals surface area contributed by atoms with E-state index in [0.29, 0.717) is 0 Å². The van der Waals surface area contributed by atoms with Gasteiger partial charge in [0.15, 0.2) is 6.20 Å². The predicted octanol–water partition coefficient (Wildman–Crippen LogP) is 8.56. The van der Waals surface area contributed by atoms with Crippen LogP contribution in [-0.2, 0) is 30.9 Å². The van der Waals surface area contributed by atoms with E-state index in [4.69, 9.17) is 14.4 Å². The molecule has 235 valence electrons. The first-order valence-corrected chi connectivity index (χ1v) is 15.7. The van der Waals surface area contributed by atoms with E-state index in [2.05, 4.69) is 80.7 Å². The fourth-order valence-electron chi connectivity index (χ4n) is 6.59. The number of fused-ring (bicyclic) bond motifs is 3. The Balaban J connectivity index is 0.00000364. The number of nitrogens with zero attached hydrogens (tertiary/aromatic N) is 3. The number of pyridine rings is 3. The zero-order chi connectivity index (χ0) is 31.8. The van der Waals surface area contributed by atoms with Crippen LogP contribution in [0.15, 0.2) is 150 Å². The maximum absolute atomic E-state index is 6.60. The Hall–Kier alpha value is -5.22. The first kappa shape index (κ1) is 31.4. The summed E-state index contributed by atoms with van der Waals surface area (Å²) in [5.74, 6) is 0. The predicted molar refractivity (Wildman–Crippen MR) is 183 cm³/mol. The van der Waals surface area contributed by atoms with Gasteiger partial charge in [-0.2, -0.15) is 78.4 Å². The van der Waals surface area contributed by atoms with Crippen LogP contribution in [0.5, 0.6) is 0 Å². The number of furan rings is 1. The van der Waals surface area contributed by atoms with E-state index < -0.39 is 10.8 Å². The summed E-state index contributed by atoms with van der Waals surface area (Å²) in [6.45, 7) is 4.37. The van der Waals surface area contributed by atoms with Crippen molar-refractivity contribution in [3.8, 4) is 5.69 Å². The summed E-state index contributed by atoms with van der Waals surface area (Å²) in [6.07, 6.45) is 9.42. The van der Waals surface area contributed by atoms with E-state index >= 15 is 0 Å². The van der Waals surface area contributed by atoms with Crippen molar-refractivity contribution in [1.82, 2.24) is 9.97 Å². The quantitative estimate of drug-likeness (QED) is 0.120. The molecule has 0 fully saturated rings. The molecule has 4 heterocycles. The first-order valence-electron chi connectivity index (χ1n) is 15.7. The molecule has 0 aliphatic carbocycles. The van der Waals surface area contributed by atoms with Gasteiger partial charge in [0.2, 0.25) is 0 Å². The van der Waals surface area contributed by atoms with Crippen molar-refractivity contribution in [2.24, 2.45) is 0 Å². The van der Waals surface area contributed by atoms with E-state index in [1.807, 2.05) is 108 Å². The number of rotatable bonds is 7. The van der Waals surface area contributed by atoms with Crippen LogP contribution < -0.4 is 4.57 Å². The molecule has 5 heteroatoms. The molecule has 8 aromatic rings. The minimum atomic E-state index is -0.663. The van der Waals surface area contributed by atoms with Crippen molar-refractivity contribution in [2.75, 3.05) is 0 Å². The first-order chi connectivity index (χ1) is 23.1. The molecule has 4 aromatic carbocycles. The summed E-state index contributed by atoms with van der Waals surface area (Å²) in [6, 6.07) is 53.5. The average Bonchev–Trinajstić information content (AvgIpc) is 3.54. The van der Waals surface area contributed by atoms with Crippen molar-refractivity contribution in [2.45, 2.75) is 24.7 Å². The second-order valence-corrected chi connectivity index (χ2v) is 12.0. The molecule has 0 saturated heterocycles. The van der Waals surface area contributed by atoms with E-state index in [1.165, 1.54) is 0 Å². The molecular weight excluding hydrogens is 767 g/mol. The van der Waals surface area contributed by atoms with Gasteiger partial charge in [-0.15, -0.1) is 17.2 Å². The topological polar surface area (TPSA) is 42.8 Å². The van der Waals surface area contributed by atoms with E-state index in [-0.39, 0.29) is 20.1 Å². The van der Waals surface area contributed by atoms with E-state index in [0.717, 1.165) is 61.3 Å². The van der Waals surface area contributed by atoms with Gasteiger partial charge in [-0.05, 0) is 49.7 Å². The summed E-state index contributed by atoms with van der Waals surface area (Å²) >= 11 is 0. The Morgan fingerprint density at radius 1 is 0.604 bits per heavy atom. The number of hydrogen-bond acceptors (Lipinski definition) is 3. The molecule has 0 aliphatic heterocycles. The molecular formula is C43H30IrN3O-3. The van der Waals surface area contributed by atoms with Crippen molar-refractivity contribution < 1.29 is 29.1 Å². The zero-order valence-electron chi connectivity index (χ0n) is 26.4. The zero-order valence-corrected chi connectivity index (χ0v) is 28.8. The maximum Gasteiger partial charge on any atom is 0.155 e. The van der Waals surface area contributed by atoms with Gasteiger partial charge in [-0.1, -0.05) is 41.8 Å². The van der Waals surface area contributed by atoms with Gasteiger partial charge in [0.05, 0.1) is 28.9 Å². The monoisotopic (exact) mass is 797 g/mol. The molecule has 0 N–H and O–H groups in total. The minimum Gasteiger partial charge on any atom is -0.519 e. The van der Waals surface area contributed by atoms with Gasteiger partial charge < -0.3 is 8.98 Å².